The molecule has 0 aromatic rings. The third-order valence-corrected chi connectivity index (χ3v) is 4.03. The summed E-state index contributed by atoms with van der Waals surface area (Å²) in [4.78, 5) is 0. The summed E-state index contributed by atoms with van der Waals surface area (Å²) in [6.45, 7) is 0. The normalized spacial score (nSPS) is 23.4. The molecule has 0 N–H and O–H groups in total. The van der Waals surface area contributed by atoms with E-state index in [1.165, 1.54) is 0 Å². The number of hydrogen-bond donors (Lipinski definition) is 0. The first-order valence-corrected chi connectivity index (χ1v) is 5.83. The van der Waals surface area contributed by atoms with Crippen molar-refractivity contribution in [3.8, 4) is 0 Å². The average molecular weight is 206 g/mol. The van der Waals surface area contributed by atoms with Crippen molar-refractivity contribution in [2.75, 3.05) is 20.0 Å². The van der Waals surface area contributed by atoms with E-state index in [1.807, 2.05) is 23.5 Å². The van der Waals surface area contributed by atoms with Gasteiger partial charge in [0.1, 0.15) is 0 Å². The Morgan fingerprint density at radius 1 is 1.42 bits per heavy atom. The Bertz CT molecular complexity index is 146. The number of hydrogen-bond acceptors (Lipinski definition) is 4. The Morgan fingerprint density at radius 2 is 2.17 bits per heavy atom. The largest absolute Gasteiger partial charge is 0.356 e. The van der Waals surface area contributed by atoms with E-state index < -0.39 is 0 Å². The molecule has 0 aromatic carbocycles. The van der Waals surface area contributed by atoms with Gasteiger partial charge in [-0.05, 0) is 10.8 Å². The van der Waals surface area contributed by atoms with E-state index in [2.05, 4.69) is 10.8 Å². The van der Waals surface area contributed by atoms with Crippen molar-refractivity contribution in [3.63, 3.8) is 0 Å². The van der Waals surface area contributed by atoms with Crippen molar-refractivity contribution in [2.24, 2.45) is 0 Å². The maximum atomic E-state index is 5.13. The topological polar surface area (TPSA) is 18.5 Å². The van der Waals surface area contributed by atoms with Crippen molar-refractivity contribution in [1.82, 2.24) is 0 Å². The van der Waals surface area contributed by atoms with Gasteiger partial charge in [-0.1, -0.05) is 0 Å². The number of rotatable bonds is 4. The van der Waals surface area contributed by atoms with Crippen LogP contribution in [0.5, 0.6) is 0 Å². The van der Waals surface area contributed by atoms with Gasteiger partial charge in [0.2, 0.25) is 0 Å². The molecule has 0 radical (unpaired) electrons. The molecule has 12 heavy (non-hydrogen) atoms. The van der Waals surface area contributed by atoms with Crippen LogP contribution in [-0.2, 0) is 9.47 Å². The number of thioether (sulfide) groups is 2. The van der Waals surface area contributed by atoms with E-state index in [0.717, 1.165) is 12.2 Å². The van der Waals surface area contributed by atoms with E-state index in [4.69, 9.17) is 9.47 Å². The van der Waals surface area contributed by atoms with E-state index >= 15 is 0 Å². The molecule has 1 rings (SSSR count). The van der Waals surface area contributed by atoms with Crippen molar-refractivity contribution in [2.45, 2.75) is 18.0 Å². The highest BCUT2D eigenvalue weighted by Gasteiger charge is 2.16. The van der Waals surface area contributed by atoms with Crippen LogP contribution in [0.2, 0.25) is 0 Å². The summed E-state index contributed by atoms with van der Waals surface area (Å²) in [6.07, 6.45) is 0.921. The third kappa shape index (κ3) is 3.39. The van der Waals surface area contributed by atoms with Gasteiger partial charge in [0.25, 0.3) is 0 Å². The molecule has 4 heteroatoms. The molecule has 1 heterocycles. The van der Waals surface area contributed by atoms with Gasteiger partial charge in [-0.2, -0.15) is 0 Å². The Kier molecular flexibility index (Phi) is 5.14. The Balaban J connectivity index is 2.24. The van der Waals surface area contributed by atoms with Crippen molar-refractivity contribution in [3.05, 3.63) is 10.8 Å². The second kappa shape index (κ2) is 5.91. The van der Waals surface area contributed by atoms with Gasteiger partial charge in [-0.3, -0.25) is 0 Å². The fourth-order valence-corrected chi connectivity index (χ4v) is 3.08. The molecular formula is C8H14O2S2. The third-order valence-electron chi connectivity index (χ3n) is 1.69. The van der Waals surface area contributed by atoms with Crippen LogP contribution < -0.4 is 0 Å². The molecule has 0 amide bonds. The molecule has 1 aliphatic rings. The minimum atomic E-state index is -0.0467. The Morgan fingerprint density at radius 3 is 2.67 bits per heavy atom. The molecule has 1 atom stereocenters. The molecule has 0 bridgehead atoms. The molecule has 70 valence electrons. The summed E-state index contributed by atoms with van der Waals surface area (Å²) < 4.78 is 10.3. The Labute approximate surface area is 82.1 Å². The molecule has 2 nitrogen and oxygen atoms in total. The van der Waals surface area contributed by atoms with Crippen LogP contribution in [0.1, 0.15) is 6.42 Å². The average Bonchev–Trinajstić information content (AvgIpc) is 2.16. The zero-order valence-corrected chi connectivity index (χ0v) is 8.99. The number of ether oxygens (including phenoxy) is 2. The zero-order chi connectivity index (χ0) is 8.81. The SMILES string of the molecule is COC(CC1CSC=CS1)OC. The molecule has 0 aromatic heterocycles. The summed E-state index contributed by atoms with van der Waals surface area (Å²) in [6, 6.07) is 0. The highest BCUT2D eigenvalue weighted by molar-refractivity contribution is 8.09. The van der Waals surface area contributed by atoms with Gasteiger partial charge in [0.15, 0.2) is 6.29 Å². The highest BCUT2D eigenvalue weighted by atomic mass is 32.2. The van der Waals surface area contributed by atoms with Crippen LogP contribution in [0.25, 0.3) is 0 Å². The van der Waals surface area contributed by atoms with Crippen LogP contribution in [-0.4, -0.2) is 31.5 Å². The standard InChI is InChI=1S/C8H14O2S2/c1-9-8(10-2)5-7-6-11-3-4-12-7/h3-4,7-8H,5-6H2,1-2H3. The second-order valence-electron chi connectivity index (χ2n) is 2.50. The fourth-order valence-electron chi connectivity index (χ4n) is 1.01. The summed E-state index contributed by atoms with van der Waals surface area (Å²) in [5.74, 6) is 1.16. The minimum Gasteiger partial charge on any atom is -0.356 e. The lowest BCUT2D eigenvalue weighted by molar-refractivity contribution is -0.105. The highest BCUT2D eigenvalue weighted by Crippen LogP contribution is 2.28. The van der Waals surface area contributed by atoms with E-state index in [1.54, 1.807) is 14.2 Å². The van der Waals surface area contributed by atoms with E-state index in [-0.39, 0.29) is 6.29 Å². The van der Waals surface area contributed by atoms with Crippen LogP contribution >= 0.6 is 23.5 Å². The fraction of sp³-hybridized carbons (Fsp3) is 0.750. The predicted octanol–water partition coefficient (Wildman–Crippen LogP) is 2.32. The lowest BCUT2D eigenvalue weighted by atomic mass is 10.3. The van der Waals surface area contributed by atoms with Gasteiger partial charge in [-0.15, -0.1) is 23.5 Å². The maximum absolute atomic E-state index is 5.13. The summed E-state index contributed by atoms with van der Waals surface area (Å²) in [5.41, 5.74) is 0. The van der Waals surface area contributed by atoms with Crippen molar-refractivity contribution in [1.29, 1.82) is 0 Å². The van der Waals surface area contributed by atoms with Gasteiger partial charge in [0.05, 0.1) is 0 Å². The van der Waals surface area contributed by atoms with Crippen LogP contribution in [0, 0.1) is 0 Å². The van der Waals surface area contributed by atoms with Gasteiger partial charge in [0, 0.05) is 31.6 Å². The second-order valence-corrected chi connectivity index (χ2v) is 4.65. The first kappa shape index (κ1) is 10.4. The van der Waals surface area contributed by atoms with Gasteiger partial charge in [-0.25, -0.2) is 0 Å². The molecule has 1 aliphatic heterocycles. The zero-order valence-electron chi connectivity index (χ0n) is 7.36. The first-order chi connectivity index (χ1) is 5.86. The van der Waals surface area contributed by atoms with Crippen LogP contribution in [0.15, 0.2) is 10.8 Å². The van der Waals surface area contributed by atoms with Gasteiger partial charge >= 0.3 is 0 Å². The Hall–Kier alpha value is 0.360. The smallest absolute Gasteiger partial charge is 0.157 e. The maximum Gasteiger partial charge on any atom is 0.157 e. The quantitative estimate of drug-likeness (QED) is 0.657. The lowest BCUT2D eigenvalue weighted by Gasteiger charge is -2.21. The monoisotopic (exact) mass is 206 g/mol. The van der Waals surface area contributed by atoms with Crippen molar-refractivity contribution >= 4 is 23.5 Å². The molecule has 0 aliphatic carbocycles. The molecule has 0 saturated carbocycles. The minimum absolute atomic E-state index is 0.0467. The first-order valence-electron chi connectivity index (χ1n) is 3.84. The molecule has 0 fully saturated rings. The molecule has 0 saturated heterocycles. The van der Waals surface area contributed by atoms with Crippen molar-refractivity contribution < 1.29 is 9.47 Å². The van der Waals surface area contributed by atoms with Gasteiger partial charge < -0.3 is 9.47 Å². The van der Waals surface area contributed by atoms with E-state index in [0.29, 0.717) is 5.25 Å². The molecule has 1 unspecified atom stereocenters. The summed E-state index contributed by atoms with van der Waals surface area (Å²) >= 11 is 3.71. The molecule has 0 spiro atoms. The van der Waals surface area contributed by atoms with Crippen LogP contribution in [0.3, 0.4) is 0 Å². The van der Waals surface area contributed by atoms with Crippen LogP contribution in [0.4, 0.5) is 0 Å². The predicted molar refractivity (Wildman–Crippen MR) is 55.4 cm³/mol. The number of methoxy groups -OCH3 is 2. The summed E-state index contributed by atoms with van der Waals surface area (Å²) in [5, 5.41) is 4.90. The van der Waals surface area contributed by atoms with E-state index in [9.17, 15) is 0 Å². The summed E-state index contributed by atoms with van der Waals surface area (Å²) in [7, 11) is 3.37. The lowest BCUT2D eigenvalue weighted by Crippen LogP contribution is -2.21. The molecular weight excluding hydrogens is 192 g/mol.